The lowest BCUT2D eigenvalue weighted by Crippen LogP contribution is -2.36. The number of guanidine groups is 1. The zero-order valence-corrected chi connectivity index (χ0v) is 13.5. The number of hydrogen-bond donors (Lipinski definition) is 2. The highest BCUT2D eigenvalue weighted by Gasteiger charge is 2.00. The number of halogens is 1. The molecular weight excluding hydrogens is 297 g/mol. The molecular formula is C17H20FN3S. The van der Waals surface area contributed by atoms with E-state index in [1.165, 1.54) is 12.1 Å². The van der Waals surface area contributed by atoms with Gasteiger partial charge in [-0.1, -0.05) is 23.9 Å². The Morgan fingerprint density at radius 3 is 2.18 bits per heavy atom. The van der Waals surface area contributed by atoms with Crippen LogP contribution < -0.4 is 11.1 Å². The predicted octanol–water partition coefficient (Wildman–Crippen LogP) is 3.79. The lowest BCUT2D eigenvalue weighted by molar-refractivity contribution is 0.626. The molecule has 0 saturated carbocycles. The van der Waals surface area contributed by atoms with Gasteiger partial charge in [-0.2, -0.15) is 0 Å². The Kier molecular flexibility index (Phi) is 5.83. The van der Waals surface area contributed by atoms with Crippen LogP contribution in [0.2, 0.25) is 0 Å². The van der Waals surface area contributed by atoms with Crippen molar-refractivity contribution in [2.45, 2.75) is 36.2 Å². The number of benzene rings is 2. The molecule has 0 unspecified atom stereocenters. The number of nitrogens with two attached hydrogens (primary N) is 1. The molecule has 0 radical (unpaired) electrons. The molecule has 116 valence electrons. The summed E-state index contributed by atoms with van der Waals surface area (Å²) in [6, 6.07) is 14.9. The van der Waals surface area contributed by atoms with Gasteiger partial charge in [0, 0.05) is 15.8 Å². The molecule has 0 fully saturated rings. The van der Waals surface area contributed by atoms with Gasteiger partial charge in [0.15, 0.2) is 5.96 Å². The second kappa shape index (κ2) is 7.84. The van der Waals surface area contributed by atoms with Gasteiger partial charge in [-0.25, -0.2) is 9.38 Å². The van der Waals surface area contributed by atoms with E-state index < -0.39 is 0 Å². The predicted molar refractivity (Wildman–Crippen MR) is 90.6 cm³/mol. The Bertz CT molecular complexity index is 621. The van der Waals surface area contributed by atoms with E-state index in [-0.39, 0.29) is 11.9 Å². The quantitative estimate of drug-likeness (QED) is 0.651. The zero-order chi connectivity index (χ0) is 15.9. The van der Waals surface area contributed by atoms with Crippen LogP contribution in [-0.4, -0.2) is 12.0 Å². The minimum Gasteiger partial charge on any atom is -0.370 e. The van der Waals surface area contributed by atoms with E-state index in [0.29, 0.717) is 12.5 Å². The van der Waals surface area contributed by atoms with Gasteiger partial charge in [0.1, 0.15) is 5.82 Å². The molecule has 0 aliphatic rings. The minimum atomic E-state index is -0.217. The first-order valence-electron chi connectivity index (χ1n) is 7.12. The number of hydrogen-bond acceptors (Lipinski definition) is 2. The van der Waals surface area contributed by atoms with Crippen LogP contribution >= 0.6 is 11.8 Å². The Morgan fingerprint density at radius 2 is 1.64 bits per heavy atom. The van der Waals surface area contributed by atoms with Crippen molar-refractivity contribution >= 4 is 17.7 Å². The third-order valence-corrected chi connectivity index (χ3v) is 3.86. The van der Waals surface area contributed by atoms with Crippen LogP contribution in [0.4, 0.5) is 4.39 Å². The summed E-state index contributed by atoms with van der Waals surface area (Å²) in [4.78, 5) is 6.41. The number of rotatable bonds is 5. The van der Waals surface area contributed by atoms with E-state index >= 15 is 0 Å². The fourth-order valence-corrected chi connectivity index (χ4v) is 2.64. The molecule has 0 bridgehead atoms. The highest BCUT2D eigenvalue weighted by Crippen LogP contribution is 2.27. The first-order valence-corrected chi connectivity index (χ1v) is 7.93. The monoisotopic (exact) mass is 317 g/mol. The standard InChI is InChI=1S/C17H20FN3S/c1-12(2)21-17(19)20-11-13-3-7-15(8-4-13)22-16-9-5-14(18)6-10-16/h3-10,12H,11H2,1-2H3,(H3,19,20,21). The summed E-state index contributed by atoms with van der Waals surface area (Å²) in [6.45, 7) is 4.58. The molecule has 3 nitrogen and oxygen atoms in total. The van der Waals surface area contributed by atoms with Crippen molar-refractivity contribution in [2.75, 3.05) is 0 Å². The van der Waals surface area contributed by atoms with Gasteiger partial charge in [-0.15, -0.1) is 0 Å². The maximum atomic E-state index is 12.9. The minimum absolute atomic E-state index is 0.217. The summed E-state index contributed by atoms with van der Waals surface area (Å²) in [5.41, 5.74) is 6.87. The zero-order valence-electron chi connectivity index (χ0n) is 12.7. The van der Waals surface area contributed by atoms with Gasteiger partial charge in [-0.05, 0) is 55.8 Å². The van der Waals surface area contributed by atoms with E-state index in [2.05, 4.69) is 10.3 Å². The normalized spacial score (nSPS) is 11.7. The first kappa shape index (κ1) is 16.4. The van der Waals surface area contributed by atoms with Gasteiger partial charge in [-0.3, -0.25) is 0 Å². The van der Waals surface area contributed by atoms with E-state index in [1.807, 2.05) is 38.1 Å². The first-order chi connectivity index (χ1) is 10.5. The van der Waals surface area contributed by atoms with E-state index in [4.69, 9.17) is 5.73 Å². The second-order valence-electron chi connectivity index (χ2n) is 5.20. The summed E-state index contributed by atoms with van der Waals surface area (Å²) in [5, 5.41) is 3.05. The maximum absolute atomic E-state index is 12.9. The van der Waals surface area contributed by atoms with Gasteiger partial charge >= 0.3 is 0 Å². The topological polar surface area (TPSA) is 50.4 Å². The average Bonchev–Trinajstić information content (AvgIpc) is 2.48. The molecule has 5 heteroatoms. The molecule has 22 heavy (non-hydrogen) atoms. The molecule has 3 N–H and O–H groups in total. The van der Waals surface area contributed by atoms with Crippen molar-refractivity contribution in [1.82, 2.24) is 5.32 Å². The van der Waals surface area contributed by atoms with Crippen LogP contribution in [0.1, 0.15) is 19.4 Å². The smallest absolute Gasteiger partial charge is 0.189 e. The summed E-state index contributed by atoms with van der Waals surface area (Å²) >= 11 is 1.60. The largest absolute Gasteiger partial charge is 0.370 e. The van der Waals surface area contributed by atoms with Gasteiger partial charge in [0.2, 0.25) is 0 Å². The summed E-state index contributed by atoms with van der Waals surface area (Å²) in [7, 11) is 0. The fraction of sp³-hybridized carbons (Fsp3) is 0.235. The highest BCUT2D eigenvalue weighted by molar-refractivity contribution is 7.99. The summed E-state index contributed by atoms with van der Waals surface area (Å²) in [5.74, 6) is 0.241. The molecule has 0 saturated heterocycles. The van der Waals surface area contributed by atoms with Crippen molar-refractivity contribution in [2.24, 2.45) is 10.7 Å². The van der Waals surface area contributed by atoms with E-state index in [9.17, 15) is 4.39 Å². The van der Waals surface area contributed by atoms with Gasteiger partial charge < -0.3 is 11.1 Å². The van der Waals surface area contributed by atoms with Crippen LogP contribution in [0.3, 0.4) is 0 Å². The summed E-state index contributed by atoms with van der Waals surface area (Å²) in [6.07, 6.45) is 0. The Balaban J connectivity index is 1.94. The van der Waals surface area contributed by atoms with Crippen LogP contribution in [-0.2, 0) is 6.54 Å². The molecule has 0 atom stereocenters. The van der Waals surface area contributed by atoms with Crippen LogP contribution in [0.15, 0.2) is 63.3 Å². The molecule has 0 aromatic heterocycles. The lowest BCUT2D eigenvalue weighted by atomic mass is 10.2. The van der Waals surface area contributed by atoms with Crippen LogP contribution in [0.5, 0.6) is 0 Å². The number of nitrogens with one attached hydrogen (secondary N) is 1. The SMILES string of the molecule is CC(C)NC(N)=NCc1ccc(Sc2ccc(F)cc2)cc1. The molecule has 0 aliphatic carbocycles. The molecule has 2 aromatic carbocycles. The molecule has 0 heterocycles. The third kappa shape index (κ3) is 5.41. The maximum Gasteiger partial charge on any atom is 0.189 e. The Labute approximate surface area is 134 Å². The molecule has 0 spiro atoms. The summed E-state index contributed by atoms with van der Waals surface area (Å²) < 4.78 is 12.9. The molecule has 2 rings (SSSR count). The third-order valence-electron chi connectivity index (χ3n) is 2.84. The average molecular weight is 317 g/mol. The Hall–Kier alpha value is -2.01. The highest BCUT2D eigenvalue weighted by atomic mass is 32.2. The van der Waals surface area contributed by atoms with Crippen LogP contribution in [0.25, 0.3) is 0 Å². The van der Waals surface area contributed by atoms with Crippen molar-refractivity contribution in [3.63, 3.8) is 0 Å². The van der Waals surface area contributed by atoms with Crippen molar-refractivity contribution in [3.8, 4) is 0 Å². The fourth-order valence-electron chi connectivity index (χ4n) is 1.82. The van der Waals surface area contributed by atoms with Gasteiger partial charge in [0.05, 0.1) is 6.54 Å². The van der Waals surface area contributed by atoms with Crippen molar-refractivity contribution in [1.29, 1.82) is 0 Å². The van der Waals surface area contributed by atoms with Gasteiger partial charge in [0.25, 0.3) is 0 Å². The van der Waals surface area contributed by atoms with Crippen molar-refractivity contribution < 1.29 is 4.39 Å². The molecule has 0 amide bonds. The lowest BCUT2D eigenvalue weighted by Gasteiger charge is -2.08. The van der Waals surface area contributed by atoms with E-state index in [1.54, 1.807) is 23.9 Å². The van der Waals surface area contributed by atoms with Crippen LogP contribution in [0, 0.1) is 5.82 Å². The molecule has 2 aromatic rings. The Morgan fingerprint density at radius 1 is 1.09 bits per heavy atom. The molecule has 0 aliphatic heterocycles. The van der Waals surface area contributed by atoms with Crippen molar-refractivity contribution in [3.05, 3.63) is 59.9 Å². The number of aliphatic imine (C=N–C) groups is 1. The number of nitrogens with zero attached hydrogens (tertiary/aromatic N) is 1. The second-order valence-corrected chi connectivity index (χ2v) is 6.35. The van der Waals surface area contributed by atoms with E-state index in [0.717, 1.165) is 15.4 Å².